The summed E-state index contributed by atoms with van der Waals surface area (Å²) in [6, 6.07) is 20.9. The molecular formula is C24H20Cl2N4O. The van der Waals surface area contributed by atoms with Crippen LogP contribution in [-0.2, 0) is 17.8 Å². The van der Waals surface area contributed by atoms with E-state index in [0.29, 0.717) is 16.7 Å². The number of hydrogen-bond acceptors (Lipinski definition) is 3. The molecule has 0 N–H and O–H groups in total. The van der Waals surface area contributed by atoms with Crippen molar-refractivity contribution in [3.8, 4) is 16.9 Å². The van der Waals surface area contributed by atoms with Gasteiger partial charge in [-0.05, 0) is 35.9 Å². The summed E-state index contributed by atoms with van der Waals surface area (Å²) in [6.45, 7) is 0.450. The van der Waals surface area contributed by atoms with Crippen molar-refractivity contribution in [1.29, 1.82) is 0 Å². The van der Waals surface area contributed by atoms with Crippen molar-refractivity contribution in [1.82, 2.24) is 19.7 Å². The number of para-hydroxylation sites is 1. The first-order chi connectivity index (χ1) is 15.0. The average Bonchev–Trinajstić information content (AvgIpc) is 3.20. The van der Waals surface area contributed by atoms with Crippen molar-refractivity contribution in [2.24, 2.45) is 0 Å². The van der Waals surface area contributed by atoms with E-state index in [4.69, 9.17) is 28.3 Å². The van der Waals surface area contributed by atoms with E-state index in [2.05, 4.69) is 4.98 Å². The number of aromatic nitrogens is 3. The maximum atomic E-state index is 13.0. The standard InChI is InChI=1S/C24H20Cl2N4O/c1-29(15-17-7-12-22(26)27-14-17)23(31)13-19-16-30(21-5-3-2-4-6-21)28-24(19)18-8-10-20(25)11-9-18/h2-12,14,16H,13,15H2,1H3. The molecule has 4 rings (SSSR count). The molecule has 1 amide bonds. The van der Waals surface area contributed by atoms with Crippen molar-refractivity contribution >= 4 is 29.1 Å². The van der Waals surface area contributed by atoms with Crippen molar-refractivity contribution in [3.63, 3.8) is 0 Å². The number of benzene rings is 2. The van der Waals surface area contributed by atoms with Crippen LogP contribution >= 0.6 is 23.2 Å². The molecule has 0 aliphatic carbocycles. The summed E-state index contributed by atoms with van der Waals surface area (Å²) in [6.07, 6.45) is 3.82. The van der Waals surface area contributed by atoms with Crippen molar-refractivity contribution < 1.29 is 4.79 Å². The molecule has 0 radical (unpaired) electrons. The molecule has 0 bridgehead atoms. The molecule has 0 saturated carbocycles. The normalized spacial score (nSPS) is 10.8. The van der Waals surface area contributed by atoms with Crippen molar-refractivity contribution in [2.45, 2.75) is 13.0 Å². The fourth-order valence-corrected chi connectivity index (χ4v) is 3.50. The Labute approximate surface area is 190 Å². The number of halogens is 2. The van der Waals surface area contributed by atoms with E-state index in [1.165, 1.54) is 0 Å². The molecule has 31 heavy (non-hydrogen) atoms. The second-order valence-electron chi connectivity index (χ2n) is 7.21. The summed E-state index contributed by atoms with van der Waals surface area (Å²) in [4.78, 5) is 18.7. The van der Waals surface area contributed by atoms with Gasteiger partial charge in [-0.1, -0.05) is 59.6 Å². The van der Waals surface area contributed by atoms with Gasteiger partial charge in [-0.25, -0.2) is 9.67 Å². The van der Waals surface area contributed by atoms with Gasteiger partial charge in [-0.3, -0.25) is 4.79 Å². The van der Waals surface area contributed by atoms with Gasteiger partial charge in [-0.2, -0.15) is 5.10 Å². The molecule has 4 aromatic rings. The van der Waals surface area contributed by atoms with Gasteiger partial charge in [0.1, 0.15) is 5.15 Å². The predicted octanol–water partition coefficient (Wildman–Crippen LogP) is 5.44. The van der Waals surface area contributed by atoms with Crippen molar-refractivity contribution in [3.05, 3.63) is 100 Å². The molecule has 0 unspecified atom stereocenters. The minimum Gasteiger partial charge on any atom is -0.341 e. The lowest BCUT2D eigenvalue weighted by atomic mass is 10.1. The number of amides is 1. The predicted molar refractivity (Wildman–Crippen MR) is 123 cm³/mol. The Morgan fingerprint density at radius 2 is 1.74 bits per heavy atom. The summed E-state index contributed by atoms with van der Waals surface area (Å²) in [7, 11) is 1.78. The monoisotopic (exact) mass is 450 g/mol. The molecule has 0 fully saturated rings. The largest absolute Gasteiger partial charge is 0.341 e. The second kappa shape index (κ2) is 9.33. The van der Waals surface area contributed by atoms with Crippen LogP contribution in [0.3, 0.4) is 0 Å². The van der Waals surface area contributed by atoms with E-state index in [-0.39, 0.29) is 12.3 Å². The molecule has 7 heteroatoms. The van der Waals surface area contributed by atoms with E-state index in [1.807, 2.05) is 66.9 Å². The quantitative estimate of drug-likeness (QED) is 0.367. The number of carbonyl (C=O) groups is 1. The number of hydrogen-bond donors (Lipinski definition) is 0. The van der Waals surface area contributed by atoms with Crippen LogP contribution in [0.1, 0.15) is 11.1 Å². The Bertz CT molecular complexity index is 1170. The van der Waals surface area contributed by atoms with E-state index in [0.717, 1.165) is 28.1 Å². The minimum atomic E-state index is -0.0159. The number of carbonyl (C=O) groups excluding carboxylic acids is 1. The maximum absolute atomic E-state index is 13.0. The van der Waals surface area contributed by atoms with Crippen LogP contribution in [-0.4, -0.2) is 32.6 Å². The molecule has 2 heterocycles. The van der Waals surface area contributed by atoms with Crippen LogP contribution < -0.4 is 0 Å². The lowest BCUT2D eigenvalue weighted by Crippen LogP contribution is -2.27. The molecule has 0 spiro atoms. The molecular weight excluding hydrogens is 431 g/mol. The zero-order valence-corrected chi connectivity index (χ0v) is 18.4. The number of pyridine rings is 1. The fraction of sp³-hybridized carbons (Fsp3) is 0.125. The van der Waals surface area contributed by atoms with E-state index in [9.17, 15) is 4.79 Å². The third-order valence-corrected chi connectivity index (χ3v) is 5.38. The van der Waals surface area contributed by atoms with Gasteiger partial charge >= 0.3 is 0 Å². The van der Waals surface area contributed by atoms with E-state index < -0.39 is 0 Å². The Hall–Kier alpha value is -3.15. The topological polar surface area (TPSA) is 51.0 Å². The van der Waals surface area contributed by atoms with E-state index in [1.54, 1.807) is 28.9 Å². The highest BCUT2D eigenvalue weighted by Crippen LogP contribution is 2.26. The fourth-order valence-electron chi connectivity index (χ4n) is 3.26. The highest BCUT2D eigenvalue weighted by molar-refractivity contribution is 6.30. The van der Waals surface area contributed by atoms with Crippen LogP contribution in [0.15, 0.2) is 79.1 Å². The molecule has 156 valence electrons. The van der Waals surface area contributed by atoms with Gasteiger partial charge in [0, 0.05) is 42.1 Å². The first-order valence-corrected chi connectivity index (χ1v) is 10.5. The molecule has 2 aromatic heterocycles. The molecule has 0 aliphatic heterocycles. The molecule has 0 aliphatic rings. The second-order valence-corrected chi connectivity index (χ2v) is 8.03. The first-order valence-electron chi connectivity index (χ1n) is 9.74. The number of rotatable bonds is 6. The van der Waals surface area contributed by atoms with Crippen LogP contribution in [0.2, 0.25) is 10.2 Å². The Morgan fingerprint density at radius 3 is 2.42 bits per heavy atom. The van der Waals surface area contributed by atoms with E-state index >= 15 is 0 Å². The summed E-state index contributed by atoms with van der Waals surface area (Å²) >= 11 is 11.9. The number of likely N-dealkylation sites (N-methyl/N-ethyl adjacent to an activating group) is 1. The van der Waals surface area contributed by atoms with Crippen LogP contribution in [0.5, 0.6) is 0 Å². The van der Waals surface area contributed by atoms with Crippen LogP contribution in [0.4, 0.5) is 0 Å². The Morgan fingerprint density at radius 1 is 1.00 bits per heavy atom. The summed E-state index contributed by atoms with van der Waals surface area (Å²) in [5.74, 6) is -0.0159. The summed E-state index contributed by atoms with van der Waals surface area (Å²) in [5, 5.41) is 5.85. The SMILES string of the molecule is CN(Cc1ccc(Cl)nc1)C(=O)Cc1cn(-c2ccccc2)nc1-c1ccc(Cl)cc1. The highest BCUT2D eigenvalue weighted by atomic mass is 35.5. The zero-order valence-electron chi connectivity index (χ0n) is 16.9. The average molecular weight is 451 g/mol. The van der Waals surface area contributed by atoms with Gasteiger partial charge in [0.2, 0.25) is 5.91 Å². The Balaban J connectivity index is 1.61. The molecule has 0 atom stereocenters. The van der Waals surface area contributed by atoms with Gasteiger partial charge in [0.05, 0.1) is 17.8 Å². The van der Waals surface area contributed by atoms with Gasteiger partial charge in [0.25, 0.3) is 0 Å². The smallest absolute Gasteiger partial charge is 0.227 e. The highest BCUT2D eigenvalue weighted by Gasteiger charge is 2.18. The molecule has 2 aromatic carbocycles. The van der Waals surface area contributed by atoms with Crippen molar-refractivity contribution in [2.75, 3.05) is 7.05 Å². The third-order valence-electron chi connectivity index (χ3n) is 4.90. The van der Waals surface area contributed by atoms with Gasteiger partial charge < -0.3 is 4.90 Å². The van der Waals surface area contributed by atoms with Crippen LogP contribution in [0, 0.1) is 0 Å². The van der Waals surface area contributed by atoms with Gasteiger partial charge in [0.15, 0.2) is 0 Å². The number of nitrogens with zero attached hydrogens (tertiary/aromatic N) is 4. The summed E-state index contributed by atoms with van der Waals surface area (Å²) < 4.78 is 1.80. The van der Waals surface area contributed by atoms with Crippen LogP contribution in [0.25, 0.3) is 16.9 Å². The minimum absolute atomic E-state index is 0.0159. The first kappa shape index (κ1) is 21.1. The zero-order chi connectivity index (χ0) is 21.8. The lowest BCUT2D eigenvalue weighted by molar-refractivity contribution is -0.129. The molecule has 5 nitrogen and oxygen atoms in total. The van der Waals surface area contributed by atoms with Gasteiger partial charge in [-0.15, -0.1) is 0 Å². The maximum Gasteiger partial charge on any atom is 0.227 e. The summed E-state index contributed by atoms with van der Waals surface area (Å²) in [5.41, 5.74) is 4.36. The molecule has 0 saturated heterocycles. The lowest BCUT2D eigenvalue weighted by Gasteiger charge is -2.17. The Kier molecular flexibility index (Phi) is 6.35. The third kappa shape index (κ3) is 5.13.